The van der Waals surface area contributed by atoms with Crippen molar-refractivity contribution in [2.24, 2.45) is 0 Å². The number of nitrogens with one attached hydrogen (secondary N) is 1. The molecule has 1 aliphatic rings. The van der Waals surface area contributed by atoms with Crippen molar-refractivity contribution in [1.29, 1.82) is 0 Å². The molecule has 27 heavy (non-hydrogen) atoms. The van der Waals surface area contributed by atoms with Gasteiger partial charge in [-0.3, -0.25) is 10.00 Å². The highest BCUT2D eigenvalue weighted by molar-refractivity contribution is 7.15. The zero-order valence-electron chi connectivity index (χ0n) is 15.6. The Balaban J connectivity index is 1.31. The lowest BCUT2D eigenvalue weighted by Crippen LogP contribution is -2.23. The quantitative estimate of drug-likeness (QED) is 0.647. The number of H-pyrrole nitrogens is 1. The Morgan fingerprint density at radius 2 is 1.78 bits per heavy atom. The summed E-state index contributed by atoms with van der Waals surface area (Å²) in [7, 11) is 0. The summed E-state index contributed by atoms with van der Waals surface area (Å²) in [5.41, 5.74) is 1.16. The van der Waals surface area contributed by atoms with E-state index in [1.54, 1.807) is 11.3 Å². The molecule has 1 N–H and O–H groups in total. The molecule has 3 heterocycles. The van der Waals surface area contributed by atoms with E-state index in [-0.39, 0.29) is 0 Å². The summed E-state index contributed by atoms with van der Waals surface area (Å²) in [6, 6.07) is 14.5. The van der Waals surface area contributed by atoms with E-state index in [4.69, 9.17) is 4.74 Å². The van der Waals surface area contributed by atoms with E-state index in [2.05, 4.69) is 44.3 Å². The van der Waals surface area contributed by atoms with Crippen LogP contribution >= 0.6 is 11.3 Å². The van der Waals surface area contributed by atoms with Crippen LogP contribution in [-0.4, -0.2) is 33.2 Å². The highest BCUT2D eigenvalue weighted by Gasteiger charge is 2.13. The zero-order chi connectivity index (χ0) is 18.3. The predicted octanol–water partition coefficient (Wildman–Crippen LogP) is 4.63. The lowest BCUT2D eigenvalue weighted by molar-refractivity contribution is 0.102. The number of benzene rings is 1. The number of nitrogens with zero attached hydrogens (tertiary/aromatic N) is 3. The maximum atomic E-state index is 5.74. The Bertz CT molecular complexity index is 822. The number of likely N-dealkylation sites (tertiary alicyclic amines) is 1. The molecule has 0 unspecified atom stereocenters. The van der Waals surface area contributed by atoms with E-state index in [0.717, 1.165) is 28.6 Å². The Hall–Kier alpha value is -2.02. The average Bonchev–Trinajstić information content (AvgIpc) is 3.27. The van der Waals surface area contributed by atoms with Crippen molar-refractivity contribution in [3.8, 4) is 10.7 Å². The van der Waals surface area contributed by atoms with Gasteiger partial charge in [0.15, 0.2) is 11.6 Å². The number of ether oxygens (including phenoxy) is 1. The minimum Gasteiger partial charge on any atom is -0.369 e. The van der Waals surface area contributed by atoms with Gasteiger partial charge in [-0.25, -0.2) is 4.98 Å². The molecule has 142 valence electrons. The van der Waals surface area contributed by atoms with E-state index in [0.29, 0.717) is 13.2 Å². The van der Waals surface area contributed by atoms with Crippen molar-refractivity contribution in [1.82, 2.24) is 20.1 Å². The first kappa shape index (κ1) is 18.3. The second-order valence-corrected chi connectivity index (χ2v) is 8.21. The lowest BCUT2D eigenvalue weighted by Gasteiger charge is -2.18. The van der Waals surface area contributed by atoms with Gasteiger partial charge in [-0.2, -0.15) is 5.10 Å². The first-order valence-electron chi connectivity index (χ1n) is 9.71. The monoisotopic (exact) mass is 382 g/mol. The molecule has 0 aliphatic carbocycles. The lowest BCUT2D eigenvalue weighted by atomic mass is 10.2. The van der Waals surface area contributed by atoms with Crippen LogP contribution < -0.4 is 0 Å². The Kier molecular flexibility index (Phi) is 6.29. The number of thiophene rings is 1. The van der Waals surface area contributed by atoms with Gasteiger partial charge >= 0.3 is 0 Å². The van der Waals surface area contributed by atoms with E-state index < -0.39 is 0 Å². The van der Waals surface area contributed by atoms with Gasteiger partial charge in [0.25, 0.3) is 0 Å². The third-order valence-electron chi connectivity index (χ3n) is 4.84. The third-order valence-corrected chi connectivity index (χ3v) is 5.91. The Morgan fingerprint density at radius 3 is 2.59 bits per heavy atom. The second kappa shape index (κ2) is 9.26. The summed E-state index contributed by atoms with van der Waals surface area (Å²) in [5, 5.41) is 7.37. The standard InChI is InChI=1S/C21H26N4OS/c1-2-7-13-25(12-6-1)14-18-10-11-19(27-18)21-22-20(23-24-21)16-26-15-17-8-4-3-5-9-17/h3-5,8-11H,1-2,6-7,12-16H2,(H,22,23,24). The fourth-order valence-electron chi connectivity index (χ4n) is 3.41. The van der Waals surface area contributed by atoms with Crippen LogP contribution in [0.15, 0.2) is 42.5 Å². The molecular formula is C21H26N4OS. The van der Waals surface area contributed by atoms with Gasteiger partial charge in [-0.1, -0.05) is 43.2 Å². The highest BCUT2D eigenvalue weighted by Crippen LogP contribution is 2.27. The van der Waals surface area contributed by atoms with E-state index in [1.807, 2.05) is 18.2 Å². The number of hydrogen-bond acceptors (Lipinski definition) is 5. The number of rotatable bonds is 7. The van der Waals surface area contributed by atoms with Crippen molar-refractivity contribution in [3.05, 3.63) is 58.7 Å². The summed E-state index contributed by atoms with van der Waals surface area (Å²) in [6.45, 7) is 4.50. The summed E-state index contributed by atoms with van der Waals surface area (Å²) in [6.07, 6.45) is 5.40. The van der Waals surface area contributed by atoms with Crippen LogP contribution in [-0.2, 0) is 24.5 Å². The first-order chi connectivity index (χ1) is 13.4. The van der Waals surface area contributed by atoms with Gasteiger partial charge in [-0.05, 0) is 43.6 Å². The maximum Gasteiger partial charge on any atom is 0.191 e. The Morgan fingerprint density at radius 1 is 0.963 bits per heavy atom. The number of aromatic amines is 1. The maximum absolute atomic E-state index is 5.74. The largest absolute Gasteiger partial charge is 0.369 e. The minimum absolute atomic E-state index is 0.438. The number of hydrogen-bond donors (Lipinski definition) is 1. The van der Waals surface area contributed by atoms with Crippen LogP contribution in [0.1, 0.15) is 41.9 Å². The smallest absolute Gasteiger partial charge is 0.191 e. The number of aromatic nitrogens is 3. The van der Waals surface area contributed by atoms with Crippen LogP contribution in [0, 0.1) is 0 Å². The van der Waals surface area contributed by atoms with Crippen molar-refractivity contribution < 1.29 is 4.74 Å². The first-order valence-corrected chi connectivity index (χ1v) is 10.5. The molecule has 6 heteroatoms. The molecule has 0 atom stereocenters. The molecular weight excluding hydrogens is 356 g/mol. The summed E-state index contributed by atoms with van der Waals surface area (Å²) < 4.78 is 5.74. The molecule has 0 radical (unpaired) electrons. The normalized spacial score (nSPS) is 15.7. The summed E-state index contributed by atoms with van der Waals surface area (Å²) in [4.78, 5) is 9.67. The van der Waals surface area contributed by atoms with Gasteiger partial charge in [0, 0.05) is 11.4 Å². The predicted molar refractivity (Wildman–Crippen MR) is 108 cm³/mol. The van der Waals surface area contributed by atoms with E-state index in [9.17, 15) is 0 Å². The molecule has 1 fully saturated rings. The fourth-order valence-corrected chi connectivity index (χ4v) is 4.39. The summed E-state index contributed by atoms with van der Waals surface area (Å²) in [5.74, 6) is 1.53. The SMILES string of the molecule is c1ccc(COCc2nc(-c3ccc(CN4CCCCCC4)s3)n[nH]2)cc1. The molecule has 1 aliphatic heterocycles. The average molecular weight is 383 g/mol. The third kappa shape index (κ3) is 5.25. The molecule has 3 aromatic rings. The molecule has 1 saturated heterocycles. The summed E-state index contributed by atoms with van der Waals surface area (Å²) >= 11 is 1.79. The van der Waals surface area contributed by atoms with Crippen molar-refractivity contribution in [2.45, 2.75) is 45.4 Å². The van der Waals surface area contributed by atoms with Crippen LogP contribution in [0.5, 0.6) is 0 Å². The molecule has 5 nitrogen and oxygen atoms in total. The molecule has 0 saturated carbocycles. The van der Waals surface area contributed by atoms with Gasteiger partial charge in [-0.15, -0.1) is 11.3 Å². The van der Waals surface area contributed by atoms with Crippen molar-refractivity contribution in [2.75, 3.05) is 13.1 Å². The molecule has 0 bridgehead atoms. The molecule has 4 rings (SSSR count). The molecule has 1 aromatic carbocycles. The van der Waals surface area contributed by atoms with Crippen LogP contribution in [0.3, 0.4) is 0 Å². The van der Waals surface area contributed by atoms with Gasteiger partial charge in [0.05, 0.1) is 11.5 Å². The van der Waals surface area contributed by atoms with Gasteiger partial charge in [0.1, 0.15) is 6.61 Å². The van der Waals surface area contributed by atoms with E-state index >= 15 is 0 Å². The van der Waals surface area contributed by atoms with Crippen LogP contribution in [0.2, 0.25) is 0 Å². The topological polar surface area (TPSA) is 54.0 Å². The minimum atomic E-state index is 0.438. The highest BCUT2D eigenvalue weighted by atomic mass is 32.1. The molecule has 0 spiro atoms. The van der Waals surface area contributed by atoms with Crippen molar-refractivity contribution in [3.63, 3.8) is 0 Å². The Labute approximate surface area is 164 Å². The molecule has 0 amide bonds. The van der Waals surface area contributed by atoms with Crippen LogP contribution in [0.25, 0.3) is 10.7 Å². The second-order valence-electron chi connectivity index (χ2n) is 7.04. The van der Waals surface area contributed by atoms with Crippen molar-refractivity contribution >= 4 is 11.3 Å². The molecule has 2 aromatic heterocycles. The van der Waals surface area contributed by atoms with Gasteiger partial charge in [0.2, 0.25) is 0 Å². The van der Waals surface area contributed by atoms with Gasteiger partial charge < -0.3 is 4.74 Å². The van der Waals surface area contributed by atoms with Crippen LogP contribution in [0.4, 0.5) is 0 Å². The fraction of sp³-hybridized carbons (Fsp3) is 0.429. The van der Waals surface area contributed by atoms with E-state index in [1.165, 1.54) is 43.6 Å². The zero-order valence-corrected chi connectivity index (χ0v) is 16.4.